The molecule has 1 unspecified atom stereocenters. The number of alkyl halides is 3. The molecule has 0 aliphatic carbocycles. The largest absolute Gasteiger partial charge is 0.418 e. The minimum atomic E-state index is -4.34. The number of fused-ring (bicyclic) bond motifs is 1. The molecule has 0 aliphatic rings. The fourth-order valence-electron chi connectivity index (χ4n) is 2.42. The predicted molar refractivity (Wildman–Crippen MR) is 70.0 cm³/mol. The smallest absolute Gasteiger partial charge is 0.347 e. The first-order chi connectivity index (χ1) is 8.84. The number of benzene rings is 1. The summed E-state index contributed by atoms with van der Waals surface area (Å²) >= 11 is 0. The molecule has 2 rings (SSSR count). The summed E-state index contributed by atoms with van der Waals surface area (Å²) in [6.45, 7) is 4.19. The minimum absolute atomic E-state index is 0.0783. The summed E-state index contributed by atoms with van der Waals surface area (Å²) < 4.78 is 40.9. The Bertz CT molecular complexity index is 582. The van der Waals surface area contributed by atoms with Crippen LogP contribution in [-0.2, 0) is 19.1 Å². The summed E-state index contributed by atoms with van der Waals surface area (Å²) in [4.78, 5) is 0. The maximum atomic E-state index is 13.1. The summed E-state index contributed by atoms with van der Waals surface area (Å²) in [5, 5.41) is 0.647. The molecule has 2 nitrogen and oxygen atoms in total. The molecule has 2 aromatic rings. The summed E-state index contributed by atoms with van der Waals surface area (Å²) in [5.74, 6) is 0. The normalized spacial score (nSPS) is 14.0. The predicted octanol–water partition coefficient (Wildman–Crippen LogP) is 3.57. The summed E-state index contributed by atoms with van der Waals surface area (Å²) in [5.41, 5.74) is 6.31. The topological polar surface area (TPSA) is 30.9 Å². The molecule has 0 aliphatic heterocycles. The minimum Gasteiger partial charge on any atom is -0.347 e. The van der Waals surface area contributed by atoms with Gasteiger partial charge in [-0.25, -0.2) is 0 Å². The highest BCUT2D eigenvalue weighted by molar-refractivity contribution is 5.87. The fourth-order valence-corrected chi connectivity index (χ4v) is 2.42. The zero-order valence-electron chi connectivity index (χ0n) is 11.0. The number of halogens is 3. The van der Waals surface area contributed by atoms with Gasteiger partial charge < -0.3 is 10.3 Å². The Hall–Kier alpha value is -1.49. The Morgan fingerprint density at radius 1 is 1.32 bits per heavy atom. The number of aryl methyl sites for hydroxylation is 1. The van der Waals surface area contributed by atoms with Crippen molar-refractivity contribution in [3.63, 3.8) is 0 Å². The van der Waals surface area contributed by atoms with E-state index in [2.05, 4.69) is 0 Å². The number of hydrogen-bond acceptors (Lipinski definition) is 1. The van der Waals surface area contributed by atoms with Gasteiger partial charge in [0, 0.05) is 24.2 Å². The highest BCUT2D eigenvalue weighted by Crippen LogP contribution is 2.36. The first kappa shape index (κ1) is 13.9. The number of nitrogens with zero attached hydrogens (tertiary/aromatic N) is 1. The van der Waals surface area contributed by atoms with Crippen molar-refractivity contribution in [2.75, 3.05) is 0 Å². The van der Waals surface area contributed by atoms with Crippen molar-refractivity contribution in [3.05, 3.63) is 35.5 Å². The van der Waals surface area contributed by atoms with Crippen molar-refractivity contribution in [2.24, 2.45) is 5.73 Å². The average Bonchev–Trinajstić information content (AvgIpc) is 2.65. The van der Waals surface area contributed by atoms with Crippen molar-refractivity contribution < 1.29 is 13.2 Å². The lowest BCUT2D eigenvalue weighted by atomic mass is 10.0. The van der Waals surface area contributed by atoms with E-state index in [1.807, 2.05) is 13.8 Å². The van der Waals surface area contributed by atoms with Gasteiger partial charge in [0.15, 0.2) is 0 Å². The van der Waals surface area contributed by atoms with Crippen LogP contribution >= 0.6 is 0 Å². The second-order valence-corrected chi connectivity index (χ2v) is 4.82. The molecule has 0 bridgehead atoms. The van der Waals surface area contributed by atoms with Crippen LogP contribution in [0.4, 0.5) is 13.2 Å². The quantitative estimate of drug-likeness (QED) is 0.908. The number of aromatic nitrogens is 1. The van der Waals surface area contributed by atoms with Gasteiger partial charge in [-0.3, -0.25) is 0 Å². The third-order valence-corrected chi connectivity index (χ3v) is 3.17. The fraction of sp³-hybridized carbons (Fsp3) is 0.429. The molecule has 0 fully saturated rings. The Morgan fingerprint density at radius 2 is 2.00 bits per heavy atom. The number of nitrogens with two attached hydrogens (primary N) is 1. The lowest BCUT2D eigenvalue weighted by molar-refractivity contribution is -0.136. The van der Waals surface area contributed by atoms with E-state index >= 15 is 0 Å². The zero-order chi connectivity index (χ0) is 14.2. The number of rotatable bonds is 3. The molecule has 0 amide bonds. The first-order valence-corrected chi connectivity index (χ1v) is 6.28. The molecule has 0 saturated heterocycles. The summed E-state index contributed by atoms with van der Waals surface area (Å²) in [6.07, 6.45) is -1.98. The average molecular weight is 270 g/mol. The molecular formula is C14H17F3N2. The number of hydrogen-bond donors (Lipinski definition) is 1. The van der Waals surface area contributed by atoms with Crippen LogP contribution in [0.15, 0.2) is 24.4 Å². The molecule has 1 aromatic carbocycles. The van der Waals surface area contributed by atoms with Gasteiger partial charge >= 0.3 is 6.18 Å². The maximum Gasteiger partial charge on any atom is 0.418 e. The molecule has 19 heavy (non-hydrogen) atoms. The van der Waals surface area contributed by atoms with E-state index in [4.69, 9.17) is 5.73 Å². The van der Waals surface area contributed by atoms with Crippen molar-refractivity contribution in [3.8, 4) is 0 Å². The van der Waals surface area contributed by atoms with E-state index in [1.165, 1.54) is 6.07 Å². The Labute approximate surface area is 110 Å². The Kier molecular flexibility index (Phi) is 3.58. The van der Waals surface area contributed by atoms with Crippen LogP contribution in [0.2, 0.25) is 0 Å². The molecule has 5 heteroatoms. The van der Waals surface area contributed by atoms with Gasteiger partial charge in [-0.1, -0.05) is 12.1 Å². The van der Waals surface area contributed by atoms with E-state index in [1.54, 1.807) is 16.8 Å². The third-order valence-electron chi connectivity index (χ3n) is 3.17. The van der Waals surface area contributed by atoms with Crippen molar-refractivity contribution >= 4 is 10.9 Å². The van der Waals surface area contributed by atoms with Crippen LogP contribution in [0.25, 0.3) is 10.9 Å². The molecule has 2 N–H and O–H groups in total. The van der Waals surface area contributed by atoms with Crippen LogP contribution < -0.4 is 5.73 Å². The van der Waals surface area contributed by atoms with Crippen LogP contribution in [0, 0.1) is 0 Å². The van der Waals surface area contributed by atoms with Gasteiger partial charge in [-0.2, -0.15) is 13.2 Å². The highest BCUT2D eigenvalue weighted by atomic mass is 19.4. The Morgan fingerprint density at radius 3 is 2.53 bits per heavy atom. The van der Waals surface area contributed by atoms with E-state index < -0.39 is 11.7 Å². The SMILES string of the molecule is CCn1cc(CC(C)N)c2cccc(C(F)(F)F)c21. The Balaban J connectivity index is 2.71. The van der Waals surface area contributed by atoms with Gasteiger partial charge in [0.05, 0.1) is 11.1 Å². The molecule has 1 aromatic heterocycles. The summed E-state index contributed by atoms with van der Waals surface area (Å²) in [7, 11) is 0. The van der Waals surface area contributed by atoms with E-state index in [0.717, 1.165) is 11.6 Å². The van der Waals surface area contributed by atoms with Crippen LogP contribution in [0.1, 0.15) is 25.0 Å². The van der Waals surface area contributed by atoms with Crippen LogP contribution in [-0.4, -0.2) is 10.6 Å². The van der Waals surface area contributed by atoms with Gasteiger partial charge in [0.25, 0.3) is 0 Å². The second-order valence-electron chi connectivity index (χ2n) is 4.82. The van der Waals surface area contributed by atoms with Gasteiger partial charge in [-0.05, 0) is 31.9 Å². The third kappa shape index (κ3) is 2.61. The zero-order valence-corrected chi connectivity index (χ0v) is 11.0. The maximum absolute atomic E-state index is 13.1. The summed E-state index contributed by atoms with van der Waals surface area (Å²) in [6, 6.07) is 4.24. The highest BCUT2D eigenvalue weighted by Gasteiger charge is 2.34. The second kappa shape index (κ2) is 4.89. The van der Waals surface area contributed by atoms with E-state index in [9.17, 15) is 13.2 Å². The van der Waals surface area contributed by atoms with E-state index in [-0.39, 0.29) is 11.6 Å². The van der Waals surface area contributed by atoms with Gasteiger partial charge in [0.2, 0.25) is 0 Å². The monoisotopic (exact) mass is 270 g/mol. The van der Waals surface area contributed by atoms with Crippen LogP contribution in [0.5, 0.6) is 0 Å². The molecule has 104 valence electrons. The lowest BCUT2D eigenvalue weighted by Crippen LogP contribution is -2.17. The van der Waals surface area contributed by atoms with Gasteiger partial charge in [-0.15, -0.1) is 0 Å². The molecule has 0 spiro atoms. The van der Waals surface area contributed by atoms with E-state index in [0.29, 0.717) is 18.4 Å². The first-order valence-electron chi connectivity index (χ1n) is 6.28. The molecule has 1 atom stereocenters. The standard InChI is InChI=1S/C14H17F3N2/c1-3-19-8-10(7-9(2)18)11-5-4-6-12(13(11)19)14(15,16)17/h4-6,8-9H,3,7,18H2,1-2H3. The lowest BCUT2D eigenvalue weighted by Gasteiger charge is -2.11. The molecular weight excluding hydrogens is 253 g/mol. The van der Waals surface area contributed by atoms with Crippen molar-refractivity contribution in [2.45, 2.75) is 39.0 Å². The van der Waals surface area contributed by atoms with Gasteiger partial charge in [0.1, 0.15) is 0 Å². The molecule has 0 radical (unpaired) electrons. The molecule has 0 saturated carbocycles. The number of para-hydroxylation sites is 1. The van der Waals surface area contributed by atoms with Crippen LogP contribution in [0.3, 0.4) is 0 Å². The van der Waals surface area contributed by atoms with Crippen molar-refractivity contribution in [1.29, 1.82) is 0 Å². The molecule has 1 heterocycles. The van der Waals surface area contributed by atoms with Crippen molar-refractivity contribution in [1.82, 2.24) is 4.57 Å².